The predicted octanol–water partition coefficient (Wildman–Crippen LogP) is 1.65. The van der Waals surface area contributed by atoms with Crippen LogP contribution in [0.2, 0.25) is 0 Å². The molecule has 1 aromatic rings. The molecule has 0 spiro atoms. The van der Waals surface area contributed by atoms with Crippen LogP contribution in [-0.4, -0.2) is 42.1 Å². The molecule has 0 aliphatic heterocycles. The lowest BCUT2D eigenvalue weighted by atomic mass is 10.1. The molecule has 1 unspecified atom stereocenters. The lowest BCUT2D eigenvalue weighted by Crippen LogP contribution is -2.42. The van der Waals surface area contributed by atoms with Gasteiger partial charge in [0, 0.05) is 12.6 Å². The zero-order valence-corrected chi connectivity index (χ0v) is 12.9. The molecule has 0 fully saturated rings. The second-order valence-corrected chi connectivity index (χ2v) is 5.68. The molecule has 2 atom stereocenters. The fourth-order valence-electron chi connectivity index (χ4n) is 2.00. The lowest BCUT2D eigenvalue weighted by molar-refractivity contribution is 0.0959. The first-order valence-electron chi connectivity index (χ1n) is 7.16. The van der Waals surface area contributed by atoms with Crippen LogP contribution in [0.4, 0.5) is 0 Å². The summed E-state index contributed by atoms with van der Waals surface area (Å²) in [5, 5.41) is 22.3. The number of aryl methyl sites for hydroxylation is 2. The first-order chi connectivity index (χ1) is 9.43. The van der Waals surface area contributed by atoms with E-state index < -0.39 is 6.10 Å². The van der Waals surface area contributed by atoms with Crippen molar-refractivity contribution in [1.82, 2.24) is 5.32 Å². The highest BCUT2D eigenvalue weighted by Crippen LogP contribution is 2.18. The normalized spacial score (nSPS) is 14.3. The molecular formula is C16H27NO3. The van der Waals surface area contributed by atoms with Crippen molar-refractivity contribution in [2.24, 2.45) is 5.92 Å². The Balaban J connectivity index is 2.37. The highest BCUT2D eigenvalue weighted by molar-refractivity contribution is 5.35. The Morgan fingerprint density at radius 1 is 1.25 bits per heavy atom. The molecular weight excluding hydrogens is 254 g/mol. The summed E-state index contributed by atoms with van der Waals surface area (Å²) in [6.45, 7) is 8.83. The molecule has 0 amide bonds. The van der Waals surface area contributed by atoms with Crippen LogP contribution in [0.15, 0.2) is 18.2 Å². The third-order valence-corrected chi connectivity index (χ3v) is 3.38. The average molecular weight is 281 g/mol. The Labute approximate surface area is 121 Å². The van der Waals surface area contributed by atoms with Crippen LogP contribution in [0.1, 0.15) is 25.0 Å². The molecule has 0 radical (unpaired) electrons. The van der Waals surface area contributed by atoms with E-state index in [4.69, 9.17) is 4.74 Å². The molecule has 0 saturated carbocycles. The minimum absolute atomic E-state index is 0.00533. The summed E-state index contributed by atoms with van der Waals surface area (Å²) in [6.07, 6.45) is -0.594. The molecule has 0 bridgehead atoms. The highest BCUT2D eigenvalue weighted by atomic mass is 16.5. The maximum atomic E-state index is 9.91. The summed E-state index contributed by atoms with van der Waals surface area (Å²) in [5.74, 6) is 1.13. The van der Waals surface area contributed by atoms with Crippen LogP contribution in [0.25, 0.3) is 0 Å². The van der Waals surface area contributed by atoms with E-state index in [0.717, 1.165) is 11.3 Å². The summed E-state index contributed by atoms with van der Waals surface area (Å²) in [7, 11) is 0. The summed E-state index contributed by atoms with van der Waals surface area (Å²) in [4.78, 5) is 0. The van der Waals surface area contributed by atoms with Gasteiger partial charge in [-0.2, -0.15) is 0 Å². The second kappa shape index (κ2) is 8.25. The monoisotopic (exact) mass is 281 g/mol. The topological polar surface area (TPSA) is 61.7 Å². The fourth-order valence-corrected chi connectivity index (χ4v) is 2.00. The minimum atomic E-state index is -0.594. The van der Waals surface area contributed by atoms with E-state index in [2.05, 4.69) is 11.4 Å². The van der Waals surface area contributed by atoms with Gasteiger partial charge in [0.2, 0.25) is 0 Å². The molecule has 0 aliphatic rings. The van der Waals surface area contributed by atoms with Crippen LogP contribution in [0.3, 0.4) is 0 Å². The molecule has 0 heterocycles. The maximum Gasteiger partial charge on any atom is 0.122 e. The quantitative estimate of drug-likeness (QED) is 0.678. The van der Waals surface area contributed by atoms with Crippen molar-refractivity contribution in [3.8, 4) is 5.75 Å². The van der Waals surface area contributed by atoms with Gasteiger partial charge in [-0.15, -0.1) is 0 Å². The Bertz CT molecular complexity index is 407. The van der Waals surface area contributed by atoms with Crippen LogP contribution >= 0.6 is 0 Å². The van der Waals surface area contributed by atoms with Crippen molar-refractivity contribution < 1.29 is 14.9 Å². The number of hydrogen-bond acceptors (Lipinski definition) is 4. The van der Waals surface area contributed by atoms with E-state index in [1.165, 1.54) is 5.56 Å². The predicted molar refractivity (Wildman–Crippen MR) is 81.1 cm³/mol. The van der Waals surface area contributed by atoms with Crippen LogP contribution in [-0.2, 0) is 0 Å². The Kier molecular flexibility index (Phi) is 6.99. The van der Waals surface area contributed by atoms with E-state index in [-0.39, 0.29) is 19.3 Å². The zero-order valence-electron chi connectivity index (χ0n) is 12.9. The van der Waals surface area contributed by atoms with Crippen molar-refractivity contribution in [1.29, 1.82) is 0 Å². The van der Waals surface area contributed by atoms with Crippen LogP contribution < -0.4 is 10.1 Å². The van der Waals surface area contributed by atoms with E-state index in [0.29, 0.717) is 12.5 Å². The maximum absolute atomic E-state index is 9.91. The summed E-state index contributed by atoms with van der Waals surface area (Å²) in [6, 6.07) is 5.98. The van der Waals surface area contributed by atoms with Crippen molar-refractivity contribution >= 4 is 0 Å². The molecule has 0 aliphatic carbocycles. The molecule has 3 N–H and O–H groups in total. The third kappa shape index (κ3) is 5.49. The Hall–Kier alpha value is -1.10. The smallest absolute Gasteiger partial charge is 0.122 e. The van der Waals surface area contributed by atoms with E-state index >= 15 is 0 Å². The number of ether oxygens (including phenoxy) is 1. The van der Waals surface area contributed by atoms with Crippen LogP contribution in [0.5, 0.6) is 5.75 Å². The largest absolute Gasteiger partial charge is 0.491 e. The minimum Gasteiger partial charge on any atom is -0.491 e. The van der Waals surface area contributed by atoms with E-state index in [1.54, 1.807) is 0 Å². The average Bonchev–Trinajstić information content (AvgIpc) is 2.38. The molecule has 0 saturated heterocycles. The molecule has 4 nitrogen and oxygen atoms in total. The van der Waals surface area contributed by atoms with Gasteiger partial charge >= 0.3 is 0 Å². The summed E-state index contributed by atoms with van der Waals surface area (Å²) in [5.41, 5.74) is 2.26. The molecule has 4 heteroatoms. The first kappa shape index (κ1) is 17.0. The van der Waals surface area contributed by atoms with Gasteiger partial charge < -0.3 is 20.3 Å². The van der Waals surface area contributed by atoms with Gasteiger partial charge in [0.1, 0.15) is 18.5 Å². The first-order valence-corrected chi connectivity index (χ1v) is 7.16. The van der Waals surface area contributed by atoms with Gasteiger partial charge in [-0.3, -0.25) is 0 Å². The zero-order chi connectivity index (χ0) is 15.1. The number of aliphatic hydroxyl groups is 2. The number of hydrogen-bond donors (Lipinski definition) is 3. The Morgan fingerprint density at radius 3 is 2.50 bits per heavy atom. The SMILES string of the molecule is Cc1ccc(OCC(O)CN[C@H](CO)C(C)C)c(C)c1. The van der Waals surface area contributed by atoms with Gasteiger partial charge in [0.15, 0.2) is 0 Å². The molecule has 1 aromatic carbocycles. The van der Waals surface area contributed by atoms with Crippen molar-refractivity contribution in [2.75, 3.05) is 19.8 Å². The molecule has 0 aromatic heterocycles. The lowest BCUT2D eigenvalue weighted by Gasteiger charge is -2.22. The number of rotatable bonds is 8. The highest BCUT2D eigenvalue weighted by Gasteiger charge is 2.14. The second-order valence-electron chi connectivity index (χ2n) is 5.68. The number of aliphatic hydroxyl groups excluding tert-OH is 2. The van der Waals surface area contributed by atoms with Gasteiger partial charge in [0.25, 0.3) is 0 Å². The number of benzene rings is 1. The van der Waals surface area contributed by atoms with Gasteiger partial charge in [0.05, 0.1) is 6.61 Å². The van der Waals surface area contributed by atoms with E-state index in [1.807, 2.05) is 39.8 Å². The van der Waals surface area contributed by atoms with Crippen molar-refractivity contribution in [3.05, 3.63) is 29.3 Å². The Morgan fingerprint density at radius 2 is 1.95 bits per heavy atom. The van der Waals surface area contributed by atoms with Gasteiger partial charge in [-0.25, -0.2) is 0 Å². The van der Waals surface area contributed by atoms with Crippen LogP contribution in [0, 0.1) is 19.8 Å². The fraction of sp³-hybridized carbons (Fsp3) is 0.625. The van der Waals surface area contributed by atoms with Crippen molar-refractivity contribution in [3.63, 3.8) is 0 Å². The van der Waals surface area contributed by atoms with Crippen molar-refractivity contribution in [2.45, 2.75) is 39.8 Å². The summed E-state index contributed by atoms with van der Waals surface area (Å²) >= 11 is 0. The van der Waals surface area contributed by atoms with Gasteiger partial charge in [-0.1, -0.05) is 31.5 Å². The third-order valence-electron chi connectivity index (χ3n) is 3.38. The number of nitrogens with one attached hydrogen (secondary N) is 1. The standard InChI is InChI=1S/C16H27NO3/c1-11(2)15(9-18)17-8-14(19)10-20-16-6-5-12(3)7-13(16)4/h5-7,11,14-15,17-19H,8-10H2,1-4H3/t14?,15-/m1/s1. The van der Waals surface area contributed by atoms with Gasteiger partial charge in [-0.05, 0) is 31.4 Å². The molecule has 1 rings (SSSR count). The van der Waals surface area contributed by atoms with E-state index in [9.17, 15) is 10.2 Å². The molecule has 114 valence electrons. The summed E-state index contributed by atoms with van der Waals surface area (Å²) < 4.78 is 5.63. The molecule has 20 heavy (non-hydrogen) atoms.